The Balaban J connectivity index is 1.42. The number of nitrogen functional groups attached to an aromatic ring is 1. The fourth-order valence-corrected chi connectivity index (χ4v) is 8.69. The Morgan fingerprint density at radius 3 is 2.50 bits per heavy atom. The molecule has 0 amide bonds. The summed E-state index contributed by atoms with van der Waals surface area (Å²) < 4.78 is 52.5. The lowest BCUT2D eigenvalue weighted by molar-refractivity contribution is -0.287. The van der Waals surface area contributed by atoms with Gasteiger partial charge in [0, 0.05) is 5.56 Å². The second kappa shape index (κ2) is 13.2. The van der Waals surface area contributed by atoms with Gasteiger partial charge in [0.1, 0.15) is 54.9 Å². The second-order valence-electron chi connectivity index (χ2n) is 9.73. The van der Waals surface area contributed by atoms with E-state index in [1.54, 1.807) is 24.4 Å². The molecule has 22 heteroatoms. The number of halogens is 1. The summed E-state index contributed by atoms with van der Waals surface area (Å²) in [6.45, 7) is -6.38. The molecule has 2 aliphatic rings. The molecule has 12 atom stereocenters. The molecular formula is C20H31FN4O13P2S2. The van der Waals surface area contributed by atoms with Crippen molar-refractivity contribution in [2.75, 3.05) is 33.0 Å². The van der Waals surface area contributed by atoms with Crippen LogP contribution in [0, 0.1) is 0 Å². The van der Waals surface area contributed by atoms with Gasteiger partial charge in [-0.25, -0.2) is 23.2 Å². The molecule has 0 spiro atoms. The minimum absolute atomic E-state index is 0.273. The van der Waals surface area contributed by atoms with Crippen LogP contribution in [0.3, 0.4) is 0 Å². The van der Waals surface area contributed by atoms with Gasteiger partial charge in [0.05, 0.1) is 29.5 Å². The first kappa shape index (κ1) is 34.0. The third kappa shape index (κ3) is 7.16. The van der Waals surface area contributed by atoms with Gasteiger partial charge in [-0.2, -0.15) is 0 Å². The number of aliphatic hydroxyl groups excluding tert-OH is 5. The number of nitrogens with zero attached hydrogens (tertiary/aromatic N) is 3. The number of ether oxygens (including phenoxy) is 2. The zero-order valence-corrected chi connectivity index (χ0v) is 25.4. The van der Waals surface area contributed by atoms with E-state index in [0.29, 0.717) is 15.8 Å². The minimum atomic E-state index is -5.45. The molecule has 2 fully saturated rings. The number of phosphoric ester groups is 1. The Kier molecular flexibility index (Phi) is 10.7. The Morgan fingerprint density at radius 1 is 1.17 bits per heavy atom. The summed E-state index contributed by atoms with van der Waals surface area (Å²) in [6, 6.07) is -0.629. The maximum absolute atomic E-state index is 14.0. The Bertz CT molecular complexity index is 1350. The molecule has 7 unspecified atom stereocenters. The van der Waals surface area contributed by atoms with Crippen molar-refractivity contribution in [3.63, 3.8) is 0 Å². The summed E-state index contributed by atoms with van der Waals surface area (Å²) in [4.78, 5) is 30.6. The zero-order chi connectivity index (χ0) is 31.1. The number of anilines is 1. The van der Waals surface area contributed by atoms with Crippen LogP contribution in [0.25, 0.3) is 10.2 Å². The van der Waals surface area contributed by atoms with Crippen molar-refractivity contribution < 1.29 is 67.1 Å². The van der Waals surface area contributed by atoms with E-state index in [4.69, 9.17) is 36.6 Å². The van der Waals surface area contributed by atoms with E-state index in [0.717, 1.165) is 0 Å². The van der Waals surface area contributed by atoms with Crippen LogP contribution in [0.1, 0.15) is 11.7 Å². The zero-order valence-electron chi connectivity index (χ0n) is 21.9. The van der Waals surface area contributed by atoms with Crippen LogP contribution in [-0.2, 0) is 39.2 Å². The van der Waals surface area contributed by atoms with Gasteiger partial charge in [-0.05, 0) is 31.3 Å². The standard InChI is InChI=1S/C20H31FN4O13P2S2/c1-25(2)11-12(27)9(35-16(11)7-5-42-18-10(7)23-6-24-19(18)22)4-34-40(33,41)38-39(31,32)37-20-15(30)13(28)14(29)17(36-20)8(21)3-26/h5-6,8-9,11-17,20,26-30H,3-4H2,1-2H3,(H,31,32)(H,33,41)(H2,22,23,24)/t8-,9+,11+,12+,13?,14?,15?,16-,17?,20?,40?/m0/s1. The number of aliphatic hydroxyl groups is 5. The SMILES string of the molecule is CN(C)[C@@H]1[C@H](O)[C@@H](COP(O)(=S)OP(=O)(O)OC2OC([C@@H](F)CO)C(O)C(O)C2O)O[C@H]1c1csc2c(N)ncnc12. The first-order chi connectivity index (χ1) is 19.6. The molecule has 4 heterocycles. The predicted molar refractivity (Wildman–Crippen MR) is 146 cm³/mol. The van der Waals surface area contributed by atoms with Gasteiger partial charge in [0.2, 0.25) is 0 Å². The fraction of sp³-hybridized carbons (Fsp3) is 0.700. The number of rotatable bonds is 11. The molecule has 42 heavy (non-hydrogen) atoms. The summed E-state index contributed by atoms with van der Waals surface area (Å²) in [6.07, 6.45) is -14.5. The highest BCUT2D eigenvalue weighted by Crippen LogP contribution is 2.62. The van der Waals surface area contributed by atoms with Gasteiger partial charge >= 0.3 is 14.5 Å². The van der Waals surface area contributed by atoms with Crippen molar-refractivity contribution in [3.8, 4) is 0 Å². The lowest BCUT2D eigenvalue weighted by Gasteiger charge is -2.41. The average Bonchev–Trinajstić information content (AvgIpc) is 3.48. The molecule has 2 saturated heterocycles. The maximum atomic E-state index is 14.0. The monoisotopic (exact) mass is 680 g/mol. The van der Waals surface area contributed by atoms with Crippen molar-refractivity contribution in [3.05, 3.63) is 17.3 Å². The van der Waals surface area contributed by atoms with E-state index >= 15 is 0 Å². The molecule has 17 nitrogen and oxygen atoms in total. The Labute approximate surface area is 247 Å². The lowest BCUT2D eigenvalue weighted by Crippen LogP contribution is -2.60. The van der Waals surface area contributed by atoms with Crippen LogP contribution >= 0.6 is 25.9 Å². The highest BCUT2D eigenvalue weighted by atomic mass is 32.5. The van der Waals surface area contributed by atoms with Crippen LogP contribution in [0.2, 0.25) is 0 Å². The molecule has 0 bridgehead atoms. The Morgan fingerprint density at radius 2 is 1.86 bits per heavy atom. The fourth-order valence-electron chi connectivity index (χ4n) is 4.64. The van der Waals surface area contributed by atoms with E-state index < -0.39 is 89.0 Å². The molecule has 2 aromatic heterocycles. The highest BCUT2D eigenvalue weighted by Gasteiger charge is 2.51. The molecular weight excluding hydrogens is 649 g/mol. The minimum Gasteiger partial charge on any atom is -0.393 e. The maximum Gasteiger partial charge on any atom is 0.481 e. The quantitative estimate of drug-likeness (QED) is 0.126. The largest absolute Gasteiger partial charge is 0.481 e. The van der Waals surface area contributed by atoms with Gasteiger partial charge in [-0.3, -0.25) is 4.52 Å². The van der Waals surface area contributed by atoms with Gasteiger partial charge in [-0.15, -0.1) is 11.3 Å². The third-order valence-corrected chi connectivity index (χ3v) is 11.2. The van der Waals surface area contributed by atoms with Crippen LogP contribution in [0.5, 0.6) is 0 Å². The second-order valence-corrected chi connectivity index (χ2v) is 15.0. The van der Waals surface area contributed by atoms with Gasteiger partial charge in [0.15, 0.2) is 12.5 Å². The van der Waals surface area contributed by atoms with E-state index in [2.05, 4.69) is 18.8 Å². The number of fused-ring (bicyclic) bond motifs is 1. The number of hydrogen-bond acceptors (Lipinski definition) is 17. The van der Waals surface area contributed by atoms with Gasteiger partial charge < -0.3 is 60.0 Å². The predicted octanol–water partition coefficient (Wildman–Crippen LogP) is -1.49. The van der Waals surface area contributed by atoms with E-state index in [1.165, 1.54) is 17.7 Å². The van der Waals surface area contributed by atoms with Crippen LogP contribution < -0.4 is 5.73 Å². The number of aromatic nitrogens is 2. The molecule has 2 aromatic rings. The van der Waals surface area contributed by atoms with Crippen molar-refractivity contribution in [2.24, 2.45) is 0 Å². The molecule has 0 saturated carbocycles. The van der Waals surface area contributed by atoms with Crippen LogP contribution in [0.15, 0.2) is 11.7 Å². The molecule has 0 aliphatic carbocycles. The van der Waals surface area contributed by atoms with Crippen molar-refractivity contribution in [1.82, 2.24) is 14.9 Å². The summed E-state index contributed by atoms with van der Waals surface area (Å²) in [5.74, 6) is 0.273. The number of phosphoric acid groups is 1. The topological polar surface area (TPSA) is 260 Å². The van der Waals surface area contributed by atoms with Crippen molar-refractivity contribution in [1.29, 1.82) is 0 Å². The van der Waals surface area contributed by atoms with Gasteiger partial charge in [0.25, 0.3) is 0 Å². The van der Waals surface area contributed by atoms with Crippen molar-refractivity contribution >= 4 is 53.7 Å². The summed E-state index contributed by atoms with van der Waals surface area (Å²) in [7, 11) is -2.04. The number of likely N-dealkylation sites (N-methyl/N-ethyl adjacent to an activating group) is 1. The van der Waals surface area contributed by atoms with Gasteiger partial charge in [-0.1, -0.05) is 0 Å². The first-order valence-electron chi connectivity index (χ1n) is 12.2. The molecule has 0 aromatic carbocycles. The highest BCUT2D eigenvalue weighted by molar-refractivity contribution is 8.08. The van der Waals surface area contributed by atoms with Crippen molar-refractivity contribution in [2.45, 2.75) is 61.2 Å². The average molecular weight is 681 g/mol. The van der Waals surface area contributed by atoms with E-state index in [-0.39, 0.29) is 5.82 Å². The summed E-state index contributed by atoms with van der Waals surface area (Å²) in [5.41, 5.74) is 7.07. The smallest absolute Gasteiger partial charge is 0.393 e. The molecule has 0 radical (unpaired) electrons. The number of alkyl halides is 1. The summed E-state index contributed by atoms with van der Waals surface area (Å²) >= 11 is 6.09. The summed E-state index contributed by atoms with van der Waals surface area (Å²) in [5, 5.41) is 51.7. The number of nitrogens with two attached hydrogens (primary N) is 1. The van der Waals surface area contributed by atoms with Crippen LogP contribution in [0.4, 0.5) is 10.2 Å². The molecule has 2 aliphatic heterocycles. The van der Waals surface area contributed by atoms with E-state index in [9.17, 15) is 39.2 Å². The molecule has 238 valence electrons. The number of hydrogen-bond donors (Lipinski definition) is 8. The Hall–Kier alpha value is -0.870. The normalized spacial score (nSPS) is 35.7. The third-order valence-electron chi connectivity index (χ3n) is 6.66. The molecule has 9 N–H and O–H groups in total. The lowest BCUT2D eigenvalue weighted by atomic mass is 9.96. The number of thiophene rings is 1. The van der Waals surface area contributed by atoms with Crippen LogP contribution in [-0.4, -0.2) is 133 Å². The molecule has 4 rings (SSSR count). The first-order valence-corrected chi connectivity index (χ1v) is 17.2. The van der Waals surface area contributed by atoms with E-state index in [1.807, 2.05) is 0 Å².